The van der Waals surface area contributed by atoms with Crippen LogP contribution in [-0.2, 0) is 0 Å². The largest absolute Gasteiger partial charge is 0.312 e. The number of hydrogen-bond donors (Lipinski definition) is 0. The van der Waals surface area contributed by atoms with Crippen molar-refractivity contribution in [2.75, 3.05) is 0 Å². The van der Waals surface area contributed by atoms with E-state index in [1.54, 1.807) is 0 Å². The van der Waals surface area contributed by atoms with Crippen molar-refractivity contribution in [3.8, 4) is 0 Å². The quantitative estimate of drug-likeness (QED) is 0.753. The maximum Gasteiger partial charge on any atom is 0.258 e. The number of fused-ring (bicyclic) bond motifs is 1. The van der Waals surface area contributed by atoms with E-state index < -0.39 is 0 Å². The van der Waals surface area contributed by atoms with E-state index in [2.05, 4.69) is 0 Å². The lowest BCUT2D eigenvalue weighted by atomic mass is 9.92. The number of benzene rings is 1. The molecule has 2 nitrogen and oxygen atoms in total. The molecule has 1 aromatic heterocycles. The molecule has 0 unspecified atom stereocenters. The lowest BCUT2D eigenvalue weighted by Gasteiger charge is -2.28. The molecular formula is C14H14ClNO. The Kier molecular flexibility index (Phi) is 2.48. The minimum atomic E-state index is 0.0952. The topological polar surface area (TPSA) is 22.0 Å². The molecule has 0 saturated heterocycles. The average molecular weight is 248 g/mol. The molecule has 3 rings (SSSR count). The third kappa shape index (κ3) is 1.59. The lowest BCUT2D eigenvalue weighted by Crippen LogP contribution is -2.29. The zero-order valence-electron chi connectivity index (χ0n) is 9.74. The number of aromatic nitrogens is 1. The molecule has 1 aliphatic rings. The fraction of sp³-hybridized carbons (Fsp3) is 0.357. The monoisotopic (exact) mass is 247 g/mol. The first-order chi connectivity index (χ1) is 8.18. The number of nitrogens with zero attached hydrogens (tertiary/aromatic N) is 1. The van der Waals surface area contributed by atoms with Crippen LogP contribution in [0, 0.1) is 6.92 Å². The summed E-state index contributed by atoms with van der Waals surface area (Å²) in [5, 5.41) is 2.30. The van der Waals surface area contributed by atoms with Gasteiger partial charge < -0.3 is 4.57 Å². The van der Waals surface area contributed by atoms with Crippen molar-refractivity contribution in [1.29, 1.82) is 0 Å². The molecule has 1 fully saturated rings. The Labute approximate surface area is 105 Å². The highest BCUT2D eigenvalue weighted by atomic mass is 35.5. The van der Waals surface area contributed by atoms with E-state index >= 15 is 0 Å². The second kappa shape index (κ2) is 3.88. The first kappa shape index (κ1) is 10.8. The molecule has 0 amide bonds. The molecule has 1 aliphatic carbocycles. The second-order valence-electron chi connectivity index (χ2n) is 4.77. The van der Waals surface area contributed by atoms with Crippen LogP contribution in [-0.4, -0.2) is 4.57 Å². The number of hydrogen-bond acceptors (Lipinski definition) is 1. The molecule has 17 heavy (non-hydrogen) atoms. The third-order valence-corrected chi connectivity index (χ3v) is 3.99. The Balaban J connectivity index is 2.35. The molecule has 3 heteroatoms. The summed E-state index contributed by atoms with van der Waals surface area (Å²) in [4.78, 5) is 12.4. The summed E-state index contributed by atoms with van der Waals surface area (Å²) in [5.41, 5.74) is 1.18. The minimum absolute atomic E-state index is 0.0952. The summed E-state index contributed by atoms with van der Waals surface area (Å²) < 4.78 is 1.89. The van der Waals surface area contributed by atoms with Crippen molar-refractivity contribution in [2.24, 2.45) is 0 Å². The van der Waals surface area contributed by atoms with Crippen LogP contribution in [0.25, 0.3) is 10.8 Å². The highest BCUT2D eigenvalue weighted by Gasteiger charge is 2.21. The summed E-state index contributed by atoms with van der Waals surface area (Å²) in [6.07, 6.45) is 5.42. The Morgan fingerprint density at radius 2 is 2.12 bits per heavy atom. The van der Waals surface area contributed by atoms with Gasteiger partial charge in [0, 0.05) is 28.0 Å². The average Bonchev–Trinajstić information content (AvgIpc) is 2.22. The standard InChI is InChI=1S/C14H14ClNO/c1-9-8-16(10-4-2-5-10)14(17)11-6-3-7-12(15)13(9)11/h3,6-8,10H,2,4-5H2,1H3. The van der Waals surface area contributed by atoms with Gasteiger partial charge in [0.25, 0.3) is 5.56 Å². The normalized spacial score (nSPS) is 16.1. The fourth-order valence-corrected chi connectivity index (χ4v) is 2.83. The summed E-state index contributed by atoms with van der Waals surface area (Å²) >= 11 is 6.17. The number of aryl methyl sites for hydroxylation is 1. The predicted molar refractivity (Wildman–Crippen MR) is 70.8 cm³/mol. The second-order valence-corrected chi connectivity index (χ2v) is 5.18. The molecule has 0 spiro atoms. The summed E-state index contributed by atoms with van der Waals surface area (Å²) in [6.45, 7) is 2.02. The van der Waals surface area contributed by atoms with Gasteiger partial charge in [-0.2, -0.15) is 0 Å². The van der Waals surface area contributed by atoms with Crippen molar-refractivity contribution in [3.05, 3.63) is 45.3 Å². The van der Waals surface area contributed by atoms with Gasteiger partial charge in [0.15, 0.2) is 0 Å². The molecule has 0 N–H and O–H groups in total. The summed E-state index contributed by atoms with van der Waals surface area (Å²) in [7, 11) is 0. The molecule has 2 aromatic rings. The molecule has 1 saturated carbocycles. The van der Waals surface area contributed by atoms with Crippen LogP contribution in [0.1, 0.15) is 30.9 Å². The fourth-order valence-electron chi connectivity index (χ4n) is 2.51. The Morgan fingerprint density at radius 3 is 2.76 bits per heavy atom. The Bertz CT molecular complexity index is 640. The smallest absolute Gasteiger partial charge is 0.258 e. The number of halogens is 1. The molecule has 0 bridgehead atoms. The third-order valence-electron chi connectivity index (χ3n) is 3.67. The van der Waals surface area contributed by atoms with Gasteiger partial charge in [-0.25, -0.2) is 0 Å². The zero-order valence-corrected chi connectivity index (χ0v) is 10.5. The molecular weight excluding hydrogens is 234 g/mol. The maximum absolute atomic E-state index is 12.4. The van der Waals surface area contributed by atoms with Crippen LogP contribution in [0.15, 0.2) is 29.2 Å². The molecule has 1 heterocycles. The zero-order chi connectivity index (χ0) is 12.0. The summed E-state index contributed by atoms with van der Waals surface area (Å²) in [6, 6.07) is 5.94. The highest BCUT2D eigenvalue weighted by Crippen LogP contribution is 2.32. The molecule has 0 atom stereocenters. The molecule has 0 aliphatic heterocycles. The van der Waals surface area contributed by atoms with Gasteiger partial charge in [-0.05, 0) is 43.9 Å². The van der Waals surface area contributed by atoms with E-state index in [-0.39, 0.29) is 5.56 Å². The van der Waals surface area contributed by atoms with Crippen LogP contribution < -0.4 is 5.56 Å². The van der Waals surface area contributed by atoms with Gasteiger partial charge >= 0.3 is 0 Å². The van der Waals surface area contributed by atoms with Crippen LogP contribution in [0.3, 0.4) is 0 Å². The van der Waals surface area contributed by atoms with E-state index in [4.69, 9.17) is 11.6 Å². The van der Waals surface area contributed by atoms with E-state index in [0.717, 1.165) is 29.2 Å². The van der Waals surface area contributed by atoms with E-state index in [9.17, 15) is 4.79 Å². The van der Waals surface area contributed by atoms with Crippen LogP contribution in [0.5, 0.6) is 0 Å². The van der Waals surface area contributed by atoms with Gasteiger partial charge in [-0.1, -0.05) is 17.7 Å². The minimum Gasteiger partial charge on any atom is -0.312 e. The van der Waals surface area contributed by atoms with Crippen LogP contribution in [0.2, 0.25) is 5.02 Å². The molecule has 0 radical (unpaired) electrons. The van der Waals surface area contributed by atoms with Crippen molar-refractivity contribution in [3.63, 3.8) is 0 Å². The highest BCUT2D eigenvalue weighted by molar-refractivity contribution is 6.35. The SMILES string of the molecule is Cc1cn(C2CCC2)c(=O)c2cccc(Cl)c12. The van der Waals surface area contributed by atoms with Crippen LogP contribution in [0.4, 0.5) is 0 Å². The van der Waals surface area contributed by atoms with Gasteiger partial charge in [-0.15, -0.1) is 0 Å². The maximum atomic E-state index is 12.4. The van der Waals surface area contributed by atoms with Gasteiger partial charge in [-0.3, -0.25) is 4.79 Å². The van der Waals surface area contributed by atoms with Crippen molar-refractivity contribution < 1.29 is 0 Å². The lowest BCUT2D eigenvalue weighted by molar-refractivity contribution is 0.307. The molecule has 1 aromatic carbocycles. The van der Waals surface area contributed by atoms with Crippen molar-refractivity contribution >= 4 is 22.4 Å². The van der Waals surface area contributed by atoms with Gasteiger partial charge in [0.1, 0.15) is 0 Å². The van der Waals surface area contributed by atoms with E-state index in [1.807, 2.05) is 35.9 Å². The first-order valence-electron chi connectivity index (χ1n) is 5.98. The van der Waals surface area contributed by atoms with Gasteiger partial charge in [0.05, 0.1) is 0 Å². The van der Waals surface area contributed by atoms with Gasteiger partial charge in [0.2, 0.25) is 0 Å². The summed E-state index contributed by atoms with van der Waals surface area (Å²) in [5.74, 6) is 0. The molecule has 88 valence electrons. The van der Waals surface area contributed by atoms with E-state index in [0.29, 0.717) is 11.1 Å². The van der Waals surface area contributed by atoms with Crippen molar-refractivity contribution in [1.82, 2.24) is 4.57 Å². The number of pyridine rings is 1. The first-order valence-corrected chi connectivity index (χ1v) is 6.36. The Morgan fingerprint density at radius 1 is 1.35 bits per heavy atom. The van der Waals surface area contributed by atoms with Crippen LogP contribution >= 0.6 is 11.6 Å². The number of rotatable bonds is 1. The Hall–Kier alpha value is -1.28. The van der Waals surface area contributed by atoms with Crippen molar-refractivity contribution in [2.45, 2.75) is 32.2 Å². The predicted octanol–water partition coefficient (Wildman–Crippen LogP) is 3.69. The van der Waals surface area contributed by atoms with E-state index in [1.165, 1.54) is 6.42 Å².